The third kappa shape index (κ3) is 2.44. The maximum absolute atomic E-state index is 7.45. The second kappa shape index (κ2) is 6.60. The molecule has 5 fully saturated rings. The van der Waals surface area contributed by atoms with Gasteiger partial charge in [-0.1, -0.05) is 27.2 Å². The number of rotatable bonds is 5. The van der Waals surface area contributed by atoms with Gasteiger partial charge in [-0.25, -0.2) is 0 Å². The van der Waals surface area contributed by atoms with Crippen molar-refractivity contribution < 1.29 is 9.15 Å². The summed E-state index contributed by atoms with van der Waals surface area (Å²) < 4.78 is 13.4. The van der Waals surface area contributed by atoms with E-state index in [0.717, 1.165) is 29.6 Å². The average molecular weight is 398 g/mol. The average Bonchev–Trinajstić information content (AvgIpc) is 3.32. The fourth-order valence-corrected chi connectivity index (χ4v) is 8.83. The van der Waals surface area contributed by atoms with E-state index >= 15 is 0 Å². The van der Waals surface area contributed by atoms with Crippen molar-refractivity contribution in [3.63, 3.8) is 0 Å². The molecule has 160 valence electrons. The molecule has 0 spiro atoms. The van der Waals surface area contributed by atoms with Crippen LogP contribution in [0.5, 0.6) is 0 Å². The lowest BCUT2D eigenvalue weighted by atomic mass is 9.75. The Kier molecular flexibility index (Phi) is 4.31. The van der Waals surface area contributed by atoms with Gasteiger partial charge in [0, 0.05) is 11.8 Å². The summed E-state index contributed by atoms with van der Waals surface area (Å²) >= 11 is 0. The van der Waals surface area contributed by atoms with Crippen LogP contribution < -0.4 is 0 Å². The molecule has 0 radical (unpaired) electrons. The Morgan fingerprint density at radius 1 is 1.14 bits per heavy atom. The first-order chi connectivity index (χ1) is 14.1. The summed E-state index contributed by atoms with van der Waals surface area (Å²) in [6.45, 7) is 9.86. The Bertz CT molecular complexity index is 738. The number of nitrogens with zero attached hydrogens (tertiary/aromatic N) is 1. The fourth-order valence-electron chi connectivity index (χ4n) is 8.83. The van der Waals surface area contributed by atoms with Gasteiger partial charge in [-0.05, 0) is 93.8 Å². The molecule has 0 aromatic carbocycles. The highest BCUT2D eigenvalue weighted by Crippen LogP contribution is 2.81. The molecule has 0 bridgehead atoms. The zero-order valence-corrected chi connectivity index (χ0v) is 18.6. The zero-order chi connectivity index (χ0) is 19.8. The van der Waals surface area contributed by atoms with E-state index in [1.165, 1.54) is 70.2 Å². The number of hydrogen-bond donors (Lipinski definition) is 0. The molecular formula is C26H39NO2. The van der Waals surface area contributed by atoms with E-state index in [0.29, 0.717) is 17.6 Å². The van der Waals surface area contributed by atoms with Crippen LogP contribution in [0.15, 0.2) is 22.8 Å². The summed E-state index contributed by atoms with van der Waals surface area (Å²) in [5.74, 6) is 5.56. The number of furan rings is 1. The normalized spacial score (nSPS) is 49.1. The topological polar surface area (TPSA) is 25.6 Å². The predicted molar refractivity (Wildman–Crippen MR) is 115 cm³/mol. The Hall–Kier alpha value is -0.800. The second-order valence-corrected chi connectivity index (χ2v) is 11.5. The van der Waals surface area contributed by atoms with Crippen molar-refractivity contribution in [2.75, 3.05) is 13.1 Å². The lowest BCUT2D eigenvalue weighted by Crippen LogP contribution is -2.47. The Morgan fingerprint density at radius 3 is 2.69 bits per heavy atom. The molecule has 29 heavy (non-hydrogen) atoms. The molecule has 0 amide bonds. The predicted octanol–water partition coefficient (Wildman–Crippen LogP) is 5.86. The van der Waals surface area contributed by atoms with Crippen LogP contribution in [0.4, 0.5) is 0 Å². The number of ether oxygens (including phenoxy) is 1. The number of likely N-dealkylation sites (tertiary alicyclic amines) is 1. The smallest absolute Gasteiger partial charge is 0.107 e. The minimum atomic E-state index is 0.104. The number of hydrogen-bond acceptors (Lipinski definition) is 3. The van der Waals surface area contributed by atoms with Crippen molar-refractivity contribution in [2.45, 2.75) is 95.3 Å². The van der Waals surface area contributed by atoms with Crippen molar-refractivity contribution in [3.8, 4) is 0 Å². The highest BCUT2D eigenvalue weighted by Gasteiger charge is 2.89. The first-order valence-electron chi connectivity index (χ1n) is 12.5. The zero-order valence-electron chi connectivity index (χ0n) is 18.6. The highest BCUT2D eigenvalue weighted by molar-refractivity contribution is 5.44. The van der Waals surface area contributed by atoms with Crippen LogP contribution >= 0.6 is 0 Å². The van der Waals surface area contributed by atoms with E-state index in [2.05, 4.69) is 37.8 Å². The van der Waals surface area contributed by atoms with Crippen molar-refractivity contribution in [3.05, 3.63) is 24.2 Å². The molecule has 4 saturated carbocycles. The van der Waals surface area contributed by atoms with Gasteiger partial charge in [0.25, 0.3) is 0 Å². The summed E-state index contributed by atoms with van der Waals surface area (Å²) in [6, 6.07) is 4.31. The fraction of sp³-hybridized carbons (Fsp3) is 0.846. The molecule has 3 nitrogen and oxygen atoms in total. The van der Waals surface area contributed by atoms with Gasteiger partial charge in [0.05, 0.1) is 23.5 Å². The first kappa shape index (κ1) is 18.9. The summed E-state index contributed by atoms with van der Waals surface area (Å²) in [6.07, 6.45) is 13.0. The Balaban J connectivity index is 1.36. The van der Waals surface area contributed by atoms with Gasteiger partial charge < -0.3 is 9.15 Å². The van der Waals surface area contributed by atoms with Crippen LogP contribution in [0.25, 0.3) is 0 Å². The van der Waals surface area contributed by atoms with Crippen molar-refractivity contribution in [1.29, 1.82) is 0 Å². The molecule has 2 heterocycles. The van der Waals surface area contributed by atoms with E-state index in [1.54, 1.807) is 0 Å². The summed E-state index contributed by atoms with van der Waals surface area (Å²) in [5.41, 5.74) is 0.426. The van der Waals surface area contributed by atoms with E-state index in [4.69, 9.17) is 9.15 Å². The van der Waals surface area contributed by atoms with E-state index in [1.807, 2.05) is 6.26 Å². The molecule has 1 saturated heterocycles. The van der Waals surface area contributed by atoms with Gasteiger partial charge in [0.15, 0.2) is 0 Å². The molecule has 1 aromatic rings. The van der Waals surface area contributed by atoms with E-state index in [-0.39, 0.29) is 5.60 Å². The molecule has 3 heteroatoms. The molecule has 6 rings (SSSR count). The van der Waals surface area contributed by atoms with Crippen LogP contribution in [0, 0.1) is 29.6 Å². The minimum absolute atomic E-state index is 0.104. The van der Waals surface area contributed by atoms with Gasteiger partial charge in [0.1, 0.15) is 5.76 Å². The van der Waals surface area contributed by atoms with Gasteiger partial charge in [-0.2, -0.15) is 0 Å². The lowest BCUT2D eigenvalue weighted by Gasteiger charge is -2.41. The van der Waals surface area contributed by atoms with E-state index < -0.39 is 0 Å². The van der Waals surface area contributed by atoms with Crippen molar-refractivity contribution in [1.82, 2.24) is 4.90 Å². The standard InChI is InChI=1S/C26H39NO2/c1-17(2)19-9-8-18(3)15-23(19)29-25-16-20(22-7-6-14-28-22)21-10-11-24(25)26(21,25)27-12-4-5-13-27/h6-7,14,17-21,23-24H,4-5,8-13,15-16H2,1-3H3/t18-,19+,20-,21?,23-,24?,25?,26?/m1/s1. The summed E-state index contributed by atoms with van der Waals surface area (Å²) in [4.78, 5) is 2.90. The van der Waals surface area contributed by atoms with Crippen LogP contribution in [-0.2, 0) is 4.74 Å². The molecule has 8 atom stereocenters. The molecule has 5 aliphatic rings. The maximum atomic E-state index is 7.45. The van der Waals surface area contributed by atoms with Crippen molar-refractivity contribution in [2.24, 2.45) is 29.6 Å². The van der Waals surface area contributed by atoms with Gasteiger partial charge in [-0.3, -0.25) is 4.90 Å². The SMILES string of the molecule is CC(C)[C@@H]1CC[C@@H](C)C[C@H]1OC12C[C@@H](c3ccco3)C3CCC1C32N1CCCC1. The van der Waals surface area contributed by atoms with E-state index in [9.17, 15) is 0 Å². The van der Waals surface area contributed by atoms with Crippen LogP contribution in [0.1, 0.15) is 83.8 Å². The van der Waals surface area contributed by atoms with Gasteiger partial charge in [0.2, 0.25) is 0 Å². The van der Waals surface area contributed by atoms with Gasteiger partial charge in [-0.15, -0.1) is 0 Å². The summed E-state index contributed by atoms with van der Waals surface area (Å²) in [5, 5.41) is 0. The molecule has 0 N–H and O–H groups in total. The van der Waals surface area contributed by atoms with Gasteiger partial charge >= 0.3 is 0 Å². The third-order valence-electron chi connectivity index (χ3n) is 9.89. The monoisotopic (exact) mass is 397 g/mol. The largest absolute Gasteiger partial charge is 0.469 e. The van der Waals surface area contributed by atoms with Crippen LogP contribution in [-0.4, -0.2) is 35.2 Å². The lowest BCUT2D eigenvalue weighted by molar-refractivity contribution is -0.115. The molecule has 1 aliphatic heterocycles. The number of fused-ring (bicyclic) bond motifs is 1. The minimum Gasteiger partial charge on any atom is -0.469 e. The van der Waals surface area contributed by atoms with Crippen molar-refractivity contribution >= 4 is 0 Å². The van der Waals surface area contributed by atoms with Crippen LogP contribution in [0.3, 0.4) is 0 Å². The maximum Gasteiger partial charge on any atom is 0.107 e. The second-order valence-electron chi connectivity index (χ2n) is 11.5. The third-order valence-corrected chi connectivity index (χ3v) is 9.89. The molecular weight excluding hydrogens is 358 g/mol. The summed E-state index contributed by atoms with van der Waals surface area (Å²) in [7, 11) is 0. The Labute approximate surface area is 176 Å². The molecule has 1 aromatic heterocycles. The highest BCUT2D eigenvalue weighted by atomic mass is 16.5. The molecule has 4 aliphatic carbocycles. The quantitative estimate of drug-likeness (QED) is 0.622. The first-order valence-corrected chi connectivity index (χ1v) is 12.5. The molecule has 4 unspecified atom stereocenters. The Morgan fingerprint density at radius 2 is 1.97 bits per heavy atom. The van der Waals surface area contributed by atoms with Crippen LogP contribution in [0.2, 0.25) is 0 Å².